The highest BCUT2D eigenvalue weighted by Crippen LogP contribution is 2.55. The molecule has 0 saturated carbocycles. The summed E-state index contributed by atoms with van der Waals surface area (Å²) < 4.78 is 4.93. The molecular formula is C31H25ClN4O5. The molecule has 2 unspecified atom stereocenters. The maximum Gasteiger partial charge on any atom is 0.339 e. The molecule has 0 aliphatic carbocycles. The van der Waals surface area contributed by atoms with Gasteiger partial charge in [-0.25, -0.2) is 9.69 Å². The van der Waals surface area contributed by atoms with E-state index in [-0.39, 0.29) is 11.3 Å². The molecular weight excluding hydrogens is 544 g/mol. The van der Waals surface area contributed by atoms with E-state index in [0.717, 1.165) is 26.9 Å². The molecule has 1 spiro atoms. The van der Waals surface area contributed by atoms with Gasteiger partial charge in [0.1, 0.15) is 5.54 Å². The molecule has 4 aromatic rings. The van der Waals surface area contributed by atoms with Crippen LogP contribution in [0.2, 0.25) is 5.02 Å². The Kier molecular flexibility index (Phi) is 5.61. The van der Waals surface area contributed by atoms with Gasteiger partial charge < -0.3 is 15.0 Å². The van der Waals surface area contributed by atoms with Gasteiger partial charge in [0.05, 0.1) is 30.2 Å². The molecule has 2 fully saturated rings. The van der Waals surface area contributed by atoms with Crippen molar-refractivity contribution in [2.24, 2.45) is 11.8 Å². The number of esters is 1. The van der Waals surface area contributed by atoms with Crippen LogP contribution in [0, 0.1) is 18.8 Å². The van der Waals surface area contributed by atoms with Gasteiger partial charge in [-0.1, -0.05) is 41.9 Å². The molecule has 3 aromatic carbocycles. The lowest BCUT2D eigenvalue weighted by atomic mass is 9.76. The monoisotopic (exact) mass is 568 g/mol. The highest BCUT2D eigenvalue weighted by Gasteiger charge is 2.71. The standard InChI is InChI=1S/C31H25ClN4O5/c1-15-11-17(32)13-20-26(15)34-30(40)31(20)25-24(22(35-31)12-16-14-33-21-9-5-3-7-18(16)21)27(37)36(28(25)38)23-10-6-4-8-19(23)29(39)41-2/h3-11,13-14,22,24-25,33,35H,12H2,1-2H3,(H,34,40)/t22?,24-,25+,31?/m1/s1. The average molecular weight is 569 g/mol. The quantitative estimate of drug-likeness (QED) is 0.252. The smallest absolute Gasteiger partial charge is 0.339 e. The lowest BCUT2D eigenvalue weighted by Crippen LogP contribution is -2.53. The number of rotatable bonds is 4. The summed E-state index contributed by atoms with van der Waals surface area (Å²) in [5.74, 6) is -4.10. The van der Waals surface area contributed by atoms with Gasteiger partial charge in [-0.3, -0.25) is 19.7 Å². The number of aromatic amines is 1. The third-order valence-corrected chi connectivity index (χ3v) is 8.87. The fraction of sp³-hybridized carbons (Fsp3) is 0.226. The topological polar surface area (TPSA) is 121 Å². The minimum Gasteiger partial charge on any atom is -0.465 e. The predicted molar refractivity (Wildman–Crippen MR) is 153 cm³/mol. The molecule has 3 N–H and O–H groups in total. The van der Waals surface area contributed by atoms with Crippen molar-refractivity contribution in [2.45, 2.75) is 24.9 Å². The van der Waals surface area contributed by atoms with E-state index in [1.54, 1.807) is 30.3 Å². The van der Waals surface area contributed by atoms with E-state index in [0.29, 0.717) is 22.7 Å². The van der Waals surface area contributed by atoms with Crippen molar-refractivity contribution in [3.05, 3.63) is 94.1 Å². The van der Waals surface area contributed by atoms with Gasteiger partial charge in [0.2, 0.25) is 17.7 Å². The van der Waals surface area contributed by atoms with Crippen molar-refractivity contribution in [3.8, 4) is 0 Å². The Bertz CT molecular complexity index is 1820. The fourth-order valence-corrected chi connectivity index (χ4v) is 7.21. The van der Waals surface area contributed by atoms with Gasteiger partial charge in [0.25, 0.3) is 0 Å². The number of anilines is 2. The summed E-state index contributed by atoms with van der Waals surface area (Å²) in [6, 6.07) is 17.0. The molecule has 4 heterocycles. The number of carbonyl (C=O) groups excluding carboxylic acids is 4. The first-order valence-corrected chi connectivity index (χ1v) is 13.6. The third kappa shape index (κ3) is 3.45. The number of halogens is 1. The molecule has 3 aliphatic heterocycles. The zero-order valence-corrected chi connectivity index (χ0v) is 22.9. The normalized spacial score (nSPS) is 24.7. The number of benzene rings is 3. The molecule has 9 nitrogen and oxygen atoms in total. The molecule has 4 atom stereocenters. The summed E-state index contributed by atoms with van der Waals surface area (Å²) in [6.07, 6.45) is 2.27. The van der Waals surface area contributed by atoms with Crippen LogP contribution in [0.1, 0.15) is 27.0 Å². The molecule has 1 aromatic heterocycles. The van der Waals surface area contributed by atoms with E-state index in [1.807, 2.05) is 37.4 Å². The SMILES string of the molecule is COC(=O)c1ccccc1N1C(=O)[C@@H]2C(Cc3c[nH]c4ccccc34)NC3(C(=O)Nc4c(C)cc(Cl)cc43)[C@@H]2C1=O. The number of ether oxygens (including phenoxy) is 1. The second-order valence-corrected chi connectivity index (χ2v) is 11.2. The number of fused-ring (bicyclic) bond motifs is 5. The first-order chi connectivity index (χ1) is 19.8. The molecule has 0 radical (unpaired) electrons. The van der Waals surface area contributed by atoms with Crippen LogP contribution in [0.5, 0.6) is 0 Å². The average Bonchev–Trinajstić information content (AvgIpc) is 3.68. The molecule has 41 heavy (non-hydrogen) atoms. The van der Waals surface area contributed by atoms with Crippen LogP contribution in [0.3, 0.4) is 0 Å². The summed E-state index contributed by atoms with van der Waals surface area (Å²) in [4.78, 5) is 59.6. The van der Waals surface area contributed by atoms with Crippen LogP contribution in [0.25, 0.3) is 10.9 Å². The van der Waals surface area contributed by atoms with E-state index in [9.17, 15) is 19.2 Å². The van der Waals surface area contributed by atoms with E-state index in [1.165, 1.54) is 13.2 Å². The zero-order chi connectivity index (χ0) is 28.6. The molecule has 2 saturated heterocycles. The Hall–Kier alpha value is -4.47. The Morgan fingerprint density at radius 2 is 1.80 bits per heavy atom. The van der Waals surface area contributed by atoms with Gasteiger partial charge in [0.15, 0.2) is 0 Å². The Balaban J connectivity index is 1.41. The Labute approximate surface area is 239 Å². The fourth-order valence-electron chi connectivity index (χ4n) is 6.93. The van der Waals surface area contributed by atoms with Gasteiger partial charge >= 0.3 is 5.97 Å². The van der Waals surface area contributed by atoms with Crippen molar-refractivity contribution in [1.82, 2.24) is 10.3 Å². The number of methoxy groups -OCH3 is 1. The van der Waals surface area contributed by atoms with Crippen molar-refractivity contribution in [2.75, 3.05) is 17.3 Å². The number of aromatic nitrogens is 1. The highest BCUT2D eigenvalue weighted by atomic mass is 35.5. The number of hydrogen-bond acceptors (Lipinski definition) is 6. The number of imide groups is 1. The first-order valence-electron chi connectivity index (χ1n) is 13.3. The zero-order valence-electron chi connectivity index (χ0n) is 22.2. The number of hydrogen-bond donors (Lipinski definition) is 3. The Morgan fingerprint density at radius 3 is 2.61 bits per heavy atom. The number of para-hydroxylation sites is 2. The van der Waals surface area contributed by atoms with E-state index in [2.05, 4.69) is 15.6 Å². The summed E-state index contributed by atoms with van der Waals surface area (Å²) in [5.41, 5.74) is 2.44. The largest absolute Gasteiger partial charge is 0.465 e. The first kappa shape index (κ1) is 25.5. The van der Waals surface area contributed by atoms with Gasteiger partial charge in [0, 0.05) is 39.4 Å². The van der Waals surface area contributed by atoms with Crippen molar-refractivity contribution >= 4 is 57.6 Å². The summed E-state index contributed by atoms with van der Waals surface area (Å²) in [6.45, 7) is 1.83. The number of nitrogens with zero attached hydrogens (tertiary/aromatic N) is 1. The van der Waals surface area contributed by atoms with Crippen LogP contribution in [-0.2, 0) is 31.1 Å². The molecule has 3 amide bonds. The van der Waals surface area contributed by atoms with E-state index in [4.69, 9.17) is 16.3 Å². The Morgan fingerprint density at radius 1 is 1.05 bits per heavy atom. The van der Waals surface area contributed by atoms with Crippen LogP contribution in [0.15, 0.2) is 66.9 Å². The second kappa shape index (κ2) is 9.02. The van der Waals surface area contributed by atoms with E-state index >= 15 is 0 Å². The predicted octanol–water partition coefficient (Wildman–Crippen LogP) is 4.08. The van der Waals surface area contributed by atoms with Crippen molar-refractivity contribution < 1.29 is 23.9 Å². The lowest BCUT2D eigenvalue weighted by molar-refractivity contribution is -0.130. The number of aryl methyl sites for hydroxylation is 1. The molecule has 10 heteroatoms. The highest BCUT2D eigenvalue weighted by molar-refractivity contribution is 6.31. The third-order valence-electron chi connectivity index (χ3n) is 8.65. The van der Waals surface area contributed by atoms with Gasteiger partial charge in [-0.2, -0.15) is 0 Å². The number of carbonyl (C=O) groups is 4. The molecule has 3 aliphatic rings. The van der Waals surface area contributed by atoms with Crippen molar-refractivity contribution in [1.29, 1.82) is 0 Å². The molecule has 206 valence electrons. The molecule has 0 bridgehead atoms. The minimum atomic E-state index is -1.53. The number of nitrogens with one attached hydrogen (secondary N) is 3. The van der Waals surface area contributed by atoms with Gasteiger partial charge in [-0.15, -0.1) is 0 Å². The second-order valence-electron chi connectivity index (χ2n) is 10.7. The van der Waals surface area contributed by atoms with Crippen LogP contribution in [0.4, 0.5) is 11.4 Å². The van der Waals surface area contributed by atoms with Gasteiger partial charge in [-0.05, 0) is 54.8 Å². The molecule has 7 rings (SSSR count). The van der Waals surface area contributed by atoms with Crippen LogP contribution in [-0.4, -0.2) is 41.8 Å². The number of amides is 3. The van der Waals surface area contributed by atoms with Crippen molar-refractivity contribution in [3.63, 3.8) is 0 Å². The summed E-state index contributed by atoms with van der Waals surface area (Å²) in [5, 5.41) is 7.83. The summed E-state index contributed by atoms with van der Waals surface area (Å²) >= 11 is 6.47. The van der Waals surface area contributed by atoms with Crippen LogP contribution < -0.4 is 15.5 Å². The van der Waals surface area contributed by atoms with Crippen LogP contribution >= 0.6 is 11.6 Å². The maximum absolute atomic E-state index is 14.4. The number of H-pyrrole nitrogens is 1. The lowest BCUT2D eigenvalue weighted by Gasteiger charge is -2.30. The minimum absolute atomic E-state index is 0.0852. The summed E-state index contributed by atoms with van der Waals surface area (Å²) in [7, 11) is 1.24. The van der Waals surface area contributed by atoms with E-state index < -0.39 is 47.1 Å². The maximum atomic E-state index is 14.4.